The second-order valence-corrected chi connectivity index (χ2v) is 8.45. The molecular weight excluding hydrogens is 342 g/mol. The molecule has 28 heavy (non-hydrogen) atoms. The second kappa shape index (κ2) is 6.68. The van der Waals surface area contributed by atoms with E-state index in [4.69, 9.17) is 0 Å². The summed E-state index contributed by atoms with van der Waals surface area (Å²) in [5.74, 6) is 0.541. The van der Waals surface area contributed by atoms with Crippen molar-refractivity contribution in [3.8, 4) is 0 Å². The molecule has 0 bridgehead atoms. The standard InChI is InChI=1S/C25H27N3/c1-3-19(20-8-5-4-7-18(20)2)22-9-6-16-28(17-25(22)12-13-25)23-11-15-27-24-21(23)10-14-26-24/h4-5,7-8,10-11,14-15,22H,1,6,9,12-13,16-17H2,2H3,(H,26,27). The molecule has 3 aromatic rings. The summed E-state index contributed by atoms with van der Waals surface area (Å²) in [6.07, 6.45) is 8.92. The molecule has 0 amide bonds. The van der Waals surface area contributed by atoms with Gasteiger partial charge in [0.2, 0.25) is 0 Å². The van der Waals surface area contributed by atoms with Crippen molar-refractivity contribution in [1.82, 2.24) is 9.97 Å². The SMILES string of the molecule is C=C=C(c1ccccc1C)C1CCCN(c2ccnc3[nH]ccc23)CC12CC2. The number of aryl methyl sites for hydroxylation is 1. The molecule has 2 fully saturated rings. The van der Waals surface area contributed by atoms with Crippen LogP contribution in [0.3, 0.4) is 0 Å². The van der Waals surface area contributed by atoms with Crippen LogP contribution in [0.25, 0.3) is 16.6 Å². The van der Waals surface area contributed by atoms with E-state index in [-0.39, 0.29) is 0 Å². The van der Waals surface area contributed by atoms with Gasteiger partial charge in [-0.25, -0.2) is 4.98 Å². The van der Waals surface area contributed by atoms with Gasteiger partial charge in [-0.2, -0.15) is 0 Å². The fourth-order valence-corrected chi connectivity index (χ4v) is 5.19. The van der Waals surface area contributed by atoms with Crippen LogP contribution in [0.15, 0.2) is 61.1 Å². The first-order valence-electron chi connectivity index (χ1n) is 10.3. The first-order valence-corrected chi connectivity index (χ1v) is 10.3. The first-order chi connectivity index (χ1) is 13.7. The summed E-state index contributed by atoms with van der Waals surface area (Å²) in [6.45, 7) is 8.51. The van der Waals surface area contributed by atoms with Crippen LogP contribution in [0.1, 0.15) is 36.8 Å². The molecule has 0 radical (unpaired) electrons. The number of nitrogens with one attached hydrogen (secondary N) is 1. The zero-order valence-electron chi connectivity index (χ0n) is 16.5. The van der Waals surface area contributed by atoms with Gasteiger partial charge in [-0.3, -0.25) is 0 Å². The summed E-state index contributed by atoms with van der Waals surface area (Å²) in [5.41, 5.74) is 10.0. The van der Waals surface area contributed by atoms with E-state index in [9.17, 15) is 0 Å². The lowest BCUT2D eigenvalue weighted by Crippen LogP contribution is -2.32. The van der Waals surface area contributed by atoms with Gasteiger partial charge in [-0.05, 0) is 67.2 Å². The number of anilines is 1. The third-order valence-electron chi connectivity index (χ3n) is 6.81. The molecule has 1 unspecified atom stereocenters. The summed E-state index contributed by atoms with van der Waals surface area (Å²) < 4.78 is 0. The van der Waals surface area contributed by atoms with Crippen molar-refractivity contribution in [3.05, 3.63) is 72.2 Å². The van der Waals surface area contributed by atoms with Crippen molar-refractivity contribution in [2.75, 3.05) is 18.0 Å². The smallest absolute Gasteiger partial charge is 0.139 e. The Labute approximate surface area is 166 Å². The minimum Gasteiger partial charge on any atom is -0.370 e. The summed E-state index contributed by atoms with van der Waals surface area (Å²) in [4.78, 5) is 10.3. The van der Waals surface area contributed by atoms with Crippen LogP contribution >= 0.6 is 0 Å². The molecule has 3 nitrogen and oxygen atoms in total. The maximum absolute atomic E-state index is 4.47. The van der Waals surface area contributed by atoms with Crippen LogP contribution in [0.2, 0.25) is 0 Å². The number of benzene rings is 1. The van der Waals surface area contributed by atoms with E-state index in [0.29, 0.717) is 11.3 Å². The number of aromatic nitrogens is 2. The number of fused-ring (bicyclic) bond motifs is 1. The maximum atomic E-state index is 4.47. The third kappa shape index (κ3) is 2.78. The molecule has 3 heteroatoms. The average Bonchev–Trinajstić information content (AvgIpc) is 3.37. The highest BCUT2D eigenvalue weighted by Gasteiger charge is 2.52. The molecule has 5 rings (SSSR count). The molecule has 1 aromatic carbocycles. The Kier molecular flexibility index (Phi) is 4.14. The summed E-state index contributed by atoms with van der Waals surface area (Å²) >= 11 is 0. The van der Waals surface area contributed by atoms with Gasteiger partial charge in [0, 0.05) is 42.1 Å². The molecule has 1 aliphatic heterocycles. The van der Waals surface area contributed by atoms with Crippen molar-refractivity contribution in [1.29, 1.82) is 0 Å². The summed E-state index contributed by atoms with van der Waals surface area (Å²) in [7, 11) is 0. The van der Waals surface area contributed by atoms with E-state index in [2.05, 4.69) is 70.5 Å². The molecular formula is C25H27N3. The van der Waals surface area contributed by atoms with Crippen molar-refractivity contribution >= 4 is 22.3 Å². The maximum Gasteiger partial charge on any atom is 0.139 e. The van der Waals surface area contributed by atoms with E-state index in [1.807, 2.05) is 12.4 Å². The molecule has 1 saturated carbocycles. The van der Waals surface area contributed by atoms with Crippen molar-refractivity contribution < 1.29 is 0 Å². The van der Waals surface area contributed by atoms with Gasteiger partial charge in [0.05, 0.1) is 0 Å². The average molecular weight is 370 g/mol. The number of pyridine rings is 1. The fourth-order valence-electron chi connectivity index (χ4n) is 5.19. The van der Waals surface area contributed by atoms with Crippen LogP contribution in [-0.4, -0.2) is 23.1 Å². The van der Waals surface area contributed by atoms with Gasteiger partial charge in [0.1, 0.15) is 5.65 Å². The van der Waals surface area contributed by atoms with Crippen molar-refractivity contribution in [2.45, 2.75) is 32.6 Å². The number of hydrogen-bond acceptors (Lipinski definition) is 2. The van der Waals surface area contributed by atoms with E-state index in [1.54, 1.807) is 0 Å². The lowest BCUT2D eigenvalue weighted by atomic mass is 9.77. The lowest BCUT2D eigenvalue weighted by Gasteiger charge is -2.31. The van der Waals surface area contributed by atoms with Gasteiger partial charge in [-0.15, -0.1) is 5.73 Å². The number of hydrogen-bond donors (Lipinski definition) is 1. The Morgan fingerprint density at radius 1 is 1.25 bits per heavy atom. The molecule has 2 aromatic heterocycles. The molecule has 2 aliphatic rings. The number of rotatable bonds is 3. The Hall–Kier alpha value is -2.77. The van der Waals surface area contributed by atoms with Crippen LogP contribution in [-0.2, 0) is 0 Å². The monoisotopic (exact) mass is 369 g/mol. The van der Waals surface area contributed by atoms with Gasteiger partial charge in [0.15, 0.2) is 0 Å². The Morgan fingerprint density at radius 3 is 2.89 bits per heavy atom. The molecule has 142 valence electrons. The Balaban J connectivity index is 1.50. The largest absolute Gasteiger partial charge is 0.370 e. The molecule has 1 N–H and O–H groups in total. The molecule has 1 spiro atoms. The molecule has 1 saturated heterocycles. The highest BCUT2D eigenvalue weighted by Crippen LogP contribution is 2.59. The van der Waals surface area contributed by atoms with E-state index >= 15 is 0 Å². The zero-order valence-corrected chi connectivity index (χ0v) is 16.5. The topological polar surface area (TPSA) is 31.9 Å². The number of H-pyrrole nitrogens is 1. The first kappa shape index (κ1) is 17.3. The number of allylic oxidation sites excluding steroid dienone is 1. The van der Waals surface area contributed by atoms with Crippen LogP contribution in [0.5, 0.6) is 0 Å². The third-order valence-corrected chi connectivity index (χ3v) is 6.81. The quantitative estimate of drug-likeness (QED) is 0.597. The predicted molar refractivity (Wildman–Crippen MR) is 116 cm³/mol. The summed E-state index contributed by atoms with van der Waals surface area (Å²) in [6, 6.07) is 13.0. The number of aromatic amines is 1. The highest BCUT2D eigenvalue weighted by molar-refractivity contribution is 5.89. The van der Waals surface area contributed by atoms with E-state index < -0.39 is 0 Å². The Morgan fingerprint density at radius 2 is 2.11 bits per heavy atom. The fraction of sp³-hybridized carbons (Fsp3) is 0.360. The van der Waals surface area contributed by atoms with Crippen LogP contribution < -0.4 is 4.90 Å². The molecule has 1 aliphatic carbocycles. The van der Waals surface area contributed by atoms with Crippen molar-refractivity contribution in [3.63, 3.8) is 0 Å². The van der Waals surface area contributed by atoms with Gasteiger partial charge < -0.3 is 9.88 Å². The minimum atomic E-state index is 0.352. The number of nitrogens with zero attached hydrogens (tertiary/aromatic N) is 2. The van der Waals surface area contributed by atoms with Gasteiger partial charge in [-0.1, -0.05) is 30.8 Å². The van der Waals surface area contributed by atoms with E-state index in [1.165, 1.54) is 53.5 Å². The second-order valence-electron chi connectivity index (χ2n) is 8.45. The van der Waals surface area contributed by atoms with E-state index in [0.717, 1.165) is 18.7 Å². The molecule has 1 atom stereocenters. The summed E-state index contributed by atoms with van der Waals surface area (Å²) in [5, 5.41) is 1.23. The minimum absolute atomic E-state index is 0.352. The van der Waals surface area contributed by atoms with Gasteiger partial charge >= 0.3 is 0 Å². The highest BCUT2D eigenvalue weighted by atomic mass is 15.2. The van der Waals surface area contributed by atoms with Crippen LogP contribution in [0, 0.1) is 18.3 Å². The lowest BCUT2D eigenvalue weighted by molar-refractivity contribution is 0.388. The molecule has 3 heterocycles. The predicted octanol–water partition coefficient (Wildman–Crippen LogP) is 5.74. The zero-order chi connectivity index (χ0) is 19.1. The Bertz CT molecular complexity index is 1070. The normalized spacial score (nSPS) is 20.8. The van der Waals surface area contributed by atoms with Crippen molar-refractivity contribution in [2.24, 2.45) is 11.3 Å². The van der Waals surface area contributed by atoms with Crippen LogP contribution in [0.4, 0.5) is 5.69 Å². The van der Waals surface area contributed by atoms with Gasteiger partial charge in [0.25, 0.3) is 0 Å².